The van der Waals surface area contributed by atoms with Crippen LogP contribution in [0.3, 0.4) is 0 Å². The summed E-state index contributed by atoms with van der Waals surface area (Å²) in [5, 5.41) is 12.1. The lowest BCUT2D eigenvalue weighted by molar-refractivity contribution is 0.578. The van der Waals surface area contributed by atoms with Crippen LogP contribution in [-0.2, 0) is 0 Å². The molecule has 6 heteroatoms. The van der Waals surface area contributed by atoms with Gasteiger partial charge in [-0.25, -0.2) is 0 Å². The van der Waals surface area contributed by atoms with Gasteiger partial charge in [-0.1, -0.05) is 0 Å². The number of benzene rings is 2. The summed E-state index contributed by atoms with van der Waals surface area (Å²) in [4.78, 5) is 2.44. The molecule has 24 heavy (non-hydrogen) atoms. The third-order valence-corrected chi connectivity index (χ3v) is 4.45. The molecule has 0 spiro atoms. The Bertz CT molecular complexity index is 800. The first kappa shape index (κ1) is 14.7. The second-order valence-corrected chi connectivity index (χ2v) is 6.10. The topological polar surface area (TPSA) is 72.9 Å². The Morgan fingerprint density at radius 3 is 2.17 bits per heavy atom. The second-order valence-electron chi connectivity index (χ2n) is 6.10. The minimum Gasteiger partial charge on any atom is -0.399 e. The third-order valence-electron chi connectivity index (χ3n) is 4.45. The molecular formula is C18H20N6. The highest BCUT2D eigenvalue weighted by Crippen LogP contribution is 2.24. The Balaban J connectivity index is 1.62. The van der Waals surface area contributed by atoms with Crippen LogP contribution in [0.4, 0.5) is 11.4 Å². The summed E-state index contributed by atoms with van der Waals surface area (Å²) in [6.45, 7) is 2.28. The van der Waals surface area contributed by atoms with Crippen molar-refractivity contribution in [2.24, 2.45) is 0 Å². The summed E-state index contributed by atoms with van der Waals surface area (Å²) in [6.07, 6.45) is 3.89. The van der Waals surface area contributed by atoms with Crippen molar-refractivity contribution in [2.45, 2.75) is 19.3 Å². The van der Waals surface area contributed by atoms with Crippen LogP contribution < -0.4 is 10.6 Å². The zero-order valence-electron chi connectivity index (χ0n) is 13.5. The maximum Gasteiger partial charge on any atom is 0.187 e. The molecule has 0 unspecified atom stereocenters. The summed E-state index contributed by atoms with van der Waals surface area (Å²) < 4.78 is 1.76. The maximum absolute atomic E-state index is 5.75. The maximum atomic E-state index is 5.75. The smallest absolute Gasteiger partial charge is 0.187 e. The fourth-order valence-corrected chi connectivity index (χ4v) is 3.13. The van der Waals surface area contributed by atoms with Crippen molar-refractivity contribution in [1.29, 1.82) is 0 Å². The van der Waals surface area contributed by atoms with Crippen molar-refractivity contribution >= 4 is 11.4 Å². The second kappa shape index (κ2) is 6.31. The van der Waals surface area contributed by atoms with Crippen molar-refractivity contribution in [1.82, 2.24) is 20.2 Å². The van der Waals surface area contributed by atoms with Crippen molar-refractivity contribution in [2.75, 3.05) is 23.7 Å². The summed E-state index contributed by atoms with van der Waals surface area (Å²) in [5.74, 6) is 0.709. The van der Waals surface area contributed by atoms with Gasteiger partial charge in [0.25, 0.3) is 0 Å². The van der Waals surface area contributed by atoms with Gasteiger partial charge in [0, 0.05) is 30.0 Å². The number of nitrogens with zero attached hydrogens (tertiary/aromatic N) is 5. The first-order valence-corrected chi connectivity index (χ1v) is 8.31. The Hall–Kier alpha value is -2.89. The van der Waals surface area contributed by atoms with E-state index in [-0.39, 0.29) is 0 Å². The van der Waals surface area contributed by atoms with E-state index < -0.39 is 0 Å². The van der Waals surface area contributed by atoms with Crippen molar-refractivity contribution in [3.05, 3.63) is 48.5 Å². The zero-order valence-corrected chi connectivity index (χ0v) is 13.5. The zero-order chi connectivity index (χ0) is 16.4. The number of tetrazole rings is 1. The fourth-order valence-electron chi connectivity index (χ4n) is 3.13. The molecule has 0 bridgehead atoms. The predicted molar refractivity (Wildman–Crippen MR) is 95.1 cm³/mol. The fraction of sp³-hybridized carbons (Fsp3) is 0.278. The molecule has 0 radical (unpaired) electrons. The average Bonchev–Trinajstić information content (AvgIpc) is 3.13. The van der Waals surface area contributed by atoms with Crippen LogP contribution in [0.1, 0.15) is 19.3 Å². The molecule has 2 N–H and O–H groups in total. The van der Waals surface area contributed by atoms with Gasteiger partial charge in [0.1, 0.15) is 0 Å². The predicted octanol–water partition coefficient (Wildman–Crippen LogP) is 2.90. The molecule has 1 aliphatic heterocycles. The Kier molecular flexibility index (Phi) is 3.86. The minimum atomic E-state index is 0.709. The van der Waals surface area contributed by atoms with Crippen LogP contribution in [0.25, 0.3) is 17.1 Å². The van der Waals surface area contributed by atoms with Crippen LogP contribution in [0.2, 0.25) is 0 Å². The van der Waals surface area contributed by atoms with E-state index in [0.29, 0.717) is 5.82 Å². The standard InChI is InChI=1S/C18H20N6/c19-15-6-4-14(5-7-15)18-20-21-22-24(18)17-10-8-16(9-11-17)23-12-2-1-3-13-23/h4-11H,1-3,12-13,19H2. The molecule has 4 rings (SSSR count). The van der Waals surface area contributed by atoms with E-state index in [4.69, 9.17) is 5.73 Å². The van der Waals surface area contributed by atoms with Gasteiger partial charge >= 0.3 is 0 Å². The van der Waals surface area contributed by atoms with E-state index in [1.54, 1.807) is 4.68 Å². The van der Waals surface area contributed by atoms with Crippen LogP contribution in [0.15, 0.2) is 48.5 Å². The van der Waals surface area contributed by atoms with Gasteiger partial charge < -0.3 is 10.6 Å². The molecule has 0 amide bonds. The van der Waals surface area contributed by atoms with Gasteiger partial charge in [0.15, 0.2) is 5.82 Å². The van der Waals surface area contributed by atoms with Crippen molar-refractivity contribution in [3.63, 3.8) is 0 Å². The number of rotatable bonds is 3. The number of nitrogen functional groups attached to an aromatic ring is 1. The lowest BCUT2D eigenvalue weighted by Crippen LogP contribution is -2.29. The summed E-state index contributed by atoms with van der Waals surface area (Å²) in [5.41, 5.74) is 9.63. The molecule has 2 heterocycles. The number of anilines is 2. The van der Waals surface area contributed by atoms with E-state index in [9.17, 15) is 0 Å². The summed E-state index contributed by atoms with van der Waals surface area (Å²) in [6, 6.07) is 16.0. The van der Waals surface area contributed by atoms with Crippen LogP contribution in [-0.4, -0.2) is 33.3 Å². The van der Waals surface area contributed by atoms with Gasteiger partial charge in [0.2, 0.25) is 0 Å². The van der Waals surface area contributed by atoms with Crippen LogP contribution in [0.5, 0.6) is 0 Å². The normalized spacial score (nSPS) is 14.8. The van der Waals surface area contributed by atoms with E-state index in [1.165, 1.54) is 24.9 Å². The highest BCUT2D eigenvalue weighted by Gasteiger charge is 2.13. The van der Waals surface area contributed by atoms with Gasteiger partial charge in [0.05, 0.1) is 5.69 Å². The van der Waals surface area contributed by atoms with E-state index in [2.05, 4.69) is 44.7 Å². The van der Waals surface area contributed by atoms with E-state index in [0.717, 1.165) is 30.0 Å². The lowest BCUT2D eigenvalue weighted by atomic mass is 10.1. The number of aromatic nitrogens is 4. The van der Waals surface area contributed by atoms with Crippen LogP contribution >= 0.6 is 0 Å². The molecule has 0 atom stereocenters. The quantitative estimate of drug-likeness (QED) is 0.751. The van der Waals surface area contributed by atoms with Gasteiger partial charge in [-0.15, -0.1) is 5.10 Å². The SMILES string of the molecule is Nc1ccc(-c2nnnn2-c2ccc(N3CCCCC3)cc2)cc1. The van der Waals surface area contributed by atoms with Gasteiger partial charge in [-0.2, -0.15) is 4.68 Å². The monoisotopic (exact) mass is 320 g/mol. The summed E-state index contributed by atoms with van der Waals surface area (Å²) in [7, 11) is 0. The lowest BCUT2D eigenvalue weighted by Gasteiger charge is -2.28. The molecule has 3 aromatic rings. The first-order valence-electron chi connectivity index (χ1n) is 8.31. The number of piperidine rings is 1. The molecule has 1 saturated heterocycles. The van der Waals surface area contributed by atoms with E-state index in [1.807, 2.05) is 24.3 Å². The Morgan fingerprint density at radius 1 is 0.792 bits per heavy atom. The largest absolute Gasteiger partial charge is 0.399 e. The third kappa shape index (κ3) is 2.82. The molecule has 0 aliphatic carbocycles. The molecule has 0 saturated carbocycles. The van der Waals surface area contributed by atoms with Crippen molar-refractivity contribution < 1.29 is 0 Å². The molecule has 1 aromatic heterocycles. The highest BCUT2D eigenvalue weighted by atomic mass is 15.5. The van der Waals surface area contributed by atoms with Crippen molar-refractivity contribution in [3.8, 4) is 17.1 Å². The Labute approximate surface area is 140 Å². The molecule has 2 aromatic carbocycles. The first-order chi connectivity index (χ1) is 11.8. The summed E-state index contributed by atoms with van der Waals surface area (Å²) >= 11 is 0. The highest BCUT2D eigenvalue weighted by molar-refractivity contribution is 5.61. The van der Waals surface area contributed by atoms with Gasteiger partial charge in [-0.05, 0) is 78.2 Å². The molecular weight excluding hydrogens is 300 g/mol. The number of hydrogen-bond acceptors (Lipinski definition) is 5. The average molecular weight is 320 g/mol. The number of hydrogen-bond donors (Lipinski definition) is 1. The van der Waals surface area contributed by atoms with Gasteiger partial charge in [-0.3, -0.25) is 0 Å². The molecule has 122 valence electrons. The molecule has 6 nitrogen and oxygen atoms in total. The van der Waals surface area contributed by atoms with Crippen LogP contribution in [0, 0.1) is 0 Å². The minimum absolute atomic E-state index is 0.709. The van der Waals surface area contributed by atoms with E-state index >= 15 is 0 Å². The molecule has 1 fully saturated rings. The number of nitrogens with two attached hydrogens (primary N) is 1. The Morgan fingerprint density at radius 2 is 1.46 bits per heavy atom. The molecule has 1 aliphatic rings.